The molecule has 0 aliphatic carbocycles. The summed E-state index contributed by atoms with van der Waals surface area (Å²) in [6.45, 7) is 6.61. The first-order valence-electron chi connectivity index (χ1n) is 12.6. The molecule has 1 fully saturated rings. The number of rotatable bonds is 6. The smallest absolute Gasteiger partial charge is 0.219 e. The van der Waals surface area contributed by atoms with Gasteiger partial charge in [-0.25, -0.2) is 0 Å². The molecule has 1 aromatic heterocycles. The van der Waals surface area contributed by atoms with Gasteiger partial charge in [-0.05, 0) is 86.2 Å². The number of fused-ring (bicyclic) bond motifs is 2. The maximum atomic E-state index is 11.5. The van der Waals surface area contributed by atoms with Crippen molar-refractivity contribution in [3.8, 4) is 0 Å². The predicted octanol–water partition coefficient (Wildman–Crippen LogP) is 5.36. The highest BCUT2D eigenvalue weighted by atomic mass is 16.5. The van der Waals surface area contributed by atoms with Crippen molar-refractivity contribution in [2.24, 2.45) is 5.92 Å². The van der Waals surface area contributed by atoms with Gasteiger partial charge in [-0.2, -0.15) is 0 Å². The zero-order valence-electron chi connectivity index (χ0n) is 19.8. The lowest BCUT2D eigenvalue weighted by molar-refractivity contribution is -0.130. The zero-order chi connectivity index (χ0) is 22.6. The molecule has 174 valence electrons. The molecule has 1 saturated heterocycles. The first-order chi connectivity index (χ1) is 16.2. The second kappa shape index (κ2) is 10.1. The normalized spacial score (nSPS) is 17.8. The lowest BCUT2D eigenvalue weighted by Gasteiger charge is -2.31. The predicted molar refractivity (Wildman–Crippen MR) is 131 cm³/mol. The summed E-state index contributed by atoms with van der Waals surface area (Å²) in [5.74, 6) is 0.936. The summed E-state index contributed by atoms with van der Waals surface area (Å²) in [7, 11) is 0. The fourth-order valence-corrected chi connectivity index (χ4v) is 5.57. The number of nitrogens with zero attached hydrogens (tertiary/aromatic N) is 3. The standard InChI is InChI=1S/C28H35N3O2/c1-21(32)31-15-12-22(13-16-31)9-5-11-27-26-17-25-20-30(19-23-7-3-2-4-8-23)14-6-10-24(25)18-28(26)33-29-27/h2-4,7-8,17-18,22H,5-6,9-16,19-20H2,1H3. The second-order valence-corrected chi connectivity index (χ2v) is 9.89. The Labute approximate surface area is 196 Å². The van der Waals surface area contributed by atoms with E-state index in [1.807, 2.05) is 4.90 Å². The number of benzene rings is 2. The summed E-state index contributed by atoms with van der Waals surface area (Å²) in [5, 5.41) is 5.65. The molecule has 2 aromatic carbocycles. The number of carbonyl (C=O) groups is 1. The fourth-order valence-electron chi connectivity index (χ4n) is 5.57. The van der Waals surface area contributed by atoms with E-state index in [1.54, 1.807) is 6.92 Å². The lowest BCUT2D eigenvalue weighted by Crippen LogP contribution is -2.36. The average molecular weight is 446 g/mol. The minimum atomic E-state index is 0.212. The van der Waals surface area contributed by atoms with Crippen LogP contribution in [0.25, 0.3) is 11.0 Å². The van der Waals surface area contributed by atoms with E-state index in [0.29, 0.717) is 0 Å². The molecule has 1 amide bonds. The van der Waals surface area contributed by atoms with E-state index in [4.69, 9.17) is 4.52 Å². The largest absolute Gasteiger partial charge is 0.356 e. The molecule has 33 heavy (non-hydrogen) atoms. The third-order valence-electron chi connectivity index (χ3n) is 7.52. The maximum absolute atomic E-state index is 11.5. The summed E-state index contributed by atoms with van der Waals surface area (Å²) in [4.78, 5) is 16.1. The minimum Gasteiger partial charge on any atom is -0.356 e. The Kier molecular flexibility index (Phi) is 6.77. The minimum absolute atomic E-state index is 0.212. The highest BCUT2D eigenvalue weighted by molar-refractivity contribution is 5.81. The van der Waals surface area contributed by atoms with Crippen LogP contribution in [0.3, 0.4) is 0 Å². The Morgan fingerprint density at radius 2 is 1.91 bits per heavy atom. The van der Waals surface area contributed by atoms with Crippen LogP contribution in [-0.2, 0) is 30.7 Å². The van der Waals surface area contributed by atoms with Gasteiger partial charge >= 0.3 is 0 Å². The molecule has 2 aliphatic rings. The van der Waals surface area contributed by atoms with Crippen molar-refractivity contribution in [2.45, 2.75) is 65.0 Å². The van der Waals surface area contributed by atoms with Crippen LogP contribution < -0.4 is 0 Å². The molecule has 0 N–H and O–H groups in total. The molecule has 3 aromatic rings. The Morgan fingerprint density at radius 3 is 2.70 bits per heavy atom. The summed E-state index contributed by atoms with van der Waals surface area (Å²) in [6.07, 6.45) is 7.83. The molecule has 3 heterocycles. The number of piperidine rings is 1. The molecule has 2 aliphatic heterocycles. The van der Waals surface area contributed by atoms with Crippen LogP contribution in [0.4, 0.5) is 0 Å². The van der Waals surface area contributed by atoms with Crippen LogP contribution in [0.1, 0.15) is 61.4 Å². The third kappa shape index (κ3) is 5.30. The molecule has 5 rings (SSSR count). The van der Waals surface area contributed by atoms with Gasteiger partial charge in [0.2, 0.25) is 5.91 Å². The van der Waals surface area contributed by atoms with Crippen molar-refractivity contribution < 1.29 is 9.32 Å². The monoisotopic (exact) mass is 445 g/mol. The van der Waals surface area contributed by atoms with Crippen LogP contribution >= 0.6 is 0 Å². The number of likely N-dealkylation sites (tertiary alicyclic amines) is 1. The Bertz CT molecular complexity index is 1080. The van der Waals surface area contributed by atoms with E-state index >= 15 is 0 Å². The number of hydrogen-bond donors (Lipinski definition) is 0. The van der Waals surface area contributed by atoms with Crippen LogP contribution in [0.15, 0.2) is 47.0 Å². The van der Waals surface area contributed by atoms with Crippen LogP contribution in [0.5, 0.6) is 0 Å². The van der Waals surface area contributed by atoms with Crippen molar-refractivity contribution in [2.75, 3.05) is 19.6 Å². The van der Waals surface area contributed by atoms with E-state index in [2.05, 4.69) is 52.5 Å². The van der Waals surface area contributed by atoms with Gasteiger partial charge in [-0.3, -0.25) is 9.69 Å². The number of aryl methyl sites for hydroxylation is 2. The Morgan fingerprint density at radius 1 is 1.09 bits per heavy atom. The van der Waals surface area contributed by atoms with Crippen LogP contribution in [0, 0.1) is 5.92 Å². The van der Waals surface area contributed by atoms with Gasteiger partial charge in [0.1, 0.15) is 0 Å². The molecule has 0 radical (unpaired) electrons. The first-order valence-corrected chi connectivity index (χ1v) is 12.6. The van der Waals surface area contributed by atoms with E-state index in [0.717, 1.165) is 82.0 Å². The van der Waals surface area contributed by atoms with Gasteiger partial charge in [-0.1, -0.05) is 35.5 Å². The molecule has 0 atom stereocenters. The topological polar surface area (TPSA) is 49.6 Å². The highest BCUT2D eigenvalue weighted by Crippen LogP contribution is 2.29. The Hall–Kier alpha value is -2.66. The van der Waals surface area contributed by atoms with Gasteiger partial charge in [0.15, 0.2) is 5.58 Å². The van der Waals surface area contributed by atoms with Crippen LogP contribution in [0.2, 0.25) is 0 Å². The van der Waals surface area contributed by atoms with E-state index in [-0.39, 0.29) is 5.91 Å². The van der Waals surface area contributed by atoms with E-state index < -0.39 is 0 Å². The summed E-state index contributed by atoms with van der Waals surface area (Å²) >= 11 is 0. The van der Waals surface area contributed by atoms with Crippen molar-refractivity contribution in [3.05, 3.63) is 64.8 Å². The van der Waals surface area contributed by atoms with Gasteiger partial charge in [0.25, 0.3) is 0 Å². The second-order valence-electron chi connectivity index (χ2n) is 9.89. The molecule has 5 nitrogen and oxygen atoms in total. The quantitative estimate of drug-likeness (QED) is 0.513. The van der Waals surface area contributed by atoms with Gasteiger partial charge < -0.3 is 9.42 Å². The zero-order valence-corrected chi connectivity index (χ0v) is 19.8. The van der Waals surface area contributed by atoms with Crippen molar-refractivity contribution >= 4 is 16.9 Å². The Balaban J connectivity index is 1.23. The third-order valence-corrected chi connectivity index (χ3v) is 7.52. The maximum Gasteiger partial charge on any atom is 0.219 e. The summed E-state index contributed by atoms with van der Waals surface area (Å²) < 4.78 is 5.75. The molecule has 0 saturated carbocycles. The van der Waals surface area contributed by atoms with E-state index in [1.165, 1.54) is 34.9 Å². The van der Waals surface area contributed by atoms with Crippen LogP contribution in [-0.4, -0.2) is 40.5 Å². The van der Waals surface area contributed by atoms with Gasteiger partial charge in [-0.15, -0.1) is 0 Å². The van der Waals surface area contributed by atoms with Crippen molar-refractivity contribution in [1.82, 2.24) is 15.0 Å². The summed E-state index contributed by atoms with van der Waals surface area (Å²) in [5.41, 5.74) is 6.26. The highest BCUT2D eigenvalue weighted by Gasteiger charge is 2.21. The van der Waals surface area contributed by atoms with Gasteiger partial charge in [0.05, 0.1) is 5.69 Å². The lowest BCUT2D eigenvalue weighted by atomic mass is 9.91. The molecule has 0 spiro atoms. The van der Waals surface area contributed by atoms with Crippen molar-refractivity contribution in [1.29, 1.82) is 0 Å². The number of aromatic nitrogens is 1. The SMILES string of the molecule is CC(=O)N1CCC(CCCc2noc3cc4c(cc23)CN(Cc2ccccc2)CCC4)CC1. The average Bonchev–Trinajstić information content (AvgIpc) is 3.10. The molecular weight excluding hydrogens is 410 g/mol. The molecular formula is C28H35N3O2. The number of amides is 1. The molecule has 0 unspecified atom stereocenters. The molecule has 5 heteroatoms. The summed E-state index contributed by atoms with van der Waals surface area (Å²) in [6, 6.07) is 15.4. The fraction of sp³-hybridized carbons (Fsp3) is 0.500. The number of carbonyl (C=O) groups excluding carboxylic acids is 1. The number of hydrogen-bond acceptors (Lipinski definition) is 4. The first kappa shape index (κ1) is 22.1. The molecule has 0 bridgehead atoms. The van der Waals surface area contributed by atoms with E-state index in [9.17, 15) is 4.79 Å². The van der Waals surface area contributed by atoms with Gasteiger partial charge in [0, 0.05) is 38.5 Å². The van der Waals surface area contributed by atoms with Crippen molar-refractivity contribution in [3.63, 3.8) is 0 Å².